The zero-order valence-corrected chi connectivity index (χ0v) is 14.1. The largest absolute Gasteiger partial charge is 0.497 e. The maximum atomic E-state index is 12.4. The Hall–Kier alpha value is -1.44. The summed E-state index contributed by atoms with van der Waals surface area (Å²) in [5, 5.41) is 0.259. The van der Waals surface area contributed by atoms with E-state index in [1.54, 1.807) is 18.2 Å². The van der Waals surface area contributed by atoms with Crippen LogP contribution in [0.4, 0.5) is 11.4 Å². The highest BCUT2D eigenvalue weighted by Crippen LogP contribution is 2.30. The summed E-state index contributed by atoms with van der Waals surface area (Å²) in [6.07, 6.45) is 0. The van der Waals surface area contributed by atoms with Crippen molar-refractivity contribution in [2.75, 3.05) is 17.6 Å². The van der Waals surface area contributed by atoms with Crippen LogP contribution in [0.25, 0.3) is 0 Å². The number of halogens is 2. The molecule has 2 aromatic rings. The summed E-state index contributed by atoms with van der Waals surface area (Å²) in [4.78, 5) is -0.0235. The molecule has 5 nitrogen and oxygen atoms in total. The second-order valence-corrected chi connectivity index (χ2v) is 7.11. The molecule has 0 aliphatic heterocycles. The van der Waals surface area contributed by atoms with Gasteiger partial charge < -0.3 is 10.5 Å². The molecule has 2 aromatic carbocycles. The predicted octanol–water partition coefficient (Wildman–Crippen LogP) is 3.49. The minimum atomic E-state index is -3.84. The maximum absolute atomic E-state index is 12.4. The van der Waals surface area contributed by atoms with Crippen molar-refractivity contribution >= 4 is 48.9 Å². The molecule has 0 unspecified atom stereocenters. The molecule has 0 aliphatic rings. The number of ether oxygens (including phenoxy) is 1. The molecule has 0 bridgehead atoms. The summed E-state index contributed by atoms with van der Waals surface area (Å²) in [5.74, 6) is 0.487. The summed E-state index contributed by atoms with van der Waals surface area (Å²) in [5.41, 5.74) is 6.10. The van der Waals surface area contributed by atoms with E-state index < -0.39 is 10.0 Å². The third-order valence-electron chi connectivity index (χ3n) is 2.68. The van der Waals surface area contributed by atoms with Gasteiger partial charge in [-0.3, -0.25) is 4.72 Å². The smallest absolute Gasteiger partial charge is 0.263 e. The summed E-state index contributed by atoms with van der Waals surface area (Å²) >= 11 is 9.22. The van der Waals surface area contributed by atoms with Crippen molar-refractivity contribution in [2.24, 2.45) is 0 Å². The molecule has 0 heterocycles. The van der Waals surface area contributed by atoms with Crippen LogP contribution >= 0.6 is 27.5 Å². The van der Waals surface area contributed by atoms with Crippen LogP contribution in [0.2, 0.25) is 5.02 Å². The molecule has 21 heavy (non-hydrogen) atoms. The lowest BCUT2D eigenvalue weighted by Gasteiger charge is -2.12. The maximum Gasteiger partial charge on any atom is 0.263 e. The van der Waals surface area contributed by atoms with Crippen molar-refractivity contribution in [1.82, 2.24) is 0 Å². The first-order valence-electron chi connectivity index (χ1n) is 5.75. The van der Waals surface area contributed by atoms with Crippen molar-refractivity contribution < 1.29 is 13.2 Å². The second-order valence-electron chi connectivity index (χ2n) is 4.13. The van der Waals surface area contributed by atoms with Gasteiger partial charge in [0.05, 0.1) is 23.5 Å². The number of nitrogens with two attached hydrogens (primary N) is 1. The van der Waals surface area contributed by atoms with Gasteiger partial charge in [0.15, 0.2) is 0 Å². The third kappa shape index (κ3) is 3.61. The molecule has 0 aromatic heterocycles. The van der Waals surface area contributed by atoms with Crippen LogP contribution in [0.1, 0.15) is 0 Å². The molecule has 3 N–H and O–H groups in total. The van der Waals surface area contributed by atoms with E-state index in [4.69, 9.17) is 22.1 Å². The summed E-state index contributed by atoms with van der Waals surface area (Å²) < 4.78 is 32.9. The van der Waals surface area contributed by atoms with E-state index in [-0.39, 0.29) is 21.3 Å². The van der Waals surface area contributed by atoms with Gasteiger partial charge in [-0.1, -0.05) is 27.5 Å². The Morgan fingerprint density at radius 3 is 2.57 bits per heavy atom. The molecular weight excluding hydrogens is 380 g/mol. The number of rotatable bonds is 4. The van der Waals surface area contributed by atoms with Gasteiger partial charge in [0.1, 0.15) is 10.6 Å². The average molecular weight is 392 g/mol. The van der Waals surface area contributed by atoms with Crippen LogP contribution in [-0.4, -0.2) is 15.5 Å². The lowest BCUT2D eigenvalue weighted by Crippen LogP contribution is -2.15. The molecule has 0 atom stereocenters. The Morgan fingerprint density at radius 2 is 1.95 bits per heavy atom. The van der Waals surface area contributed by atoms with E-state index in [1.165, 1.54) is 25.3 Å². The van der Waals surface area contributed by atoms with Crippen LogP contribution < -0.4 is 15.2 Å². The van der Waals surface area contributed by atoms with E-state index in [9.17, 15) is 8.42 Å². The Bertz CT molecular complexity index is 781. The zero-order chi connectivity index (χ0) is 15.6. The molecule has 8 heteroatoms. The molecule has 0 amide bonds. The number of anilines is 2. The van der Waals surface area contributed by atoms with Crippen molar-refractivity contribution in [1.29, 1.82) is 0 Å². The lowest BCUT2D eigenvalue weighted by molar-refractivity contribution is 0.415. The fraction of sp³-hybridized carbons (Fsp3) is 0.0769. The quantitative estimate of drug-likeness (QED) is 0.782. The van der Waals surface area contributed by atoms with Gasteiger partial charge in [0, 0.05) is 10.5 Å². The SMILES string of the molecule is COc1ccc(Cl)c(NS(=O)(=O)c2ccc(Br)cc2N)c1. The molecule has 2 rings (SSSR count). The minimum Gasteiger partial charge on any atom is -0.497 e. The number of nitrogens with one attached hydrogen (secondary N) is 1. The third-order valence-corrected chi connectivity index (χ3v) is 4.94. The topological polar surface area (TPSA) is 81.4 Å². The van der Waals surface area contributed by atoms with Gasteiger partial charge in [0.2, 0.25) is 0 Å². The van der Waals surface area contributed by atoms with Crippen LogP contribution in [0.3, 0.4) is 0 Å². The van der Waals surface area contributed by atoms with Gasteiger partial charge in [-0.05, 0) is 30.3 Å². The van der Waals surface area contributed by atoms with Crippen molar-refractivity contribution in [3.8, 4) is 5.75 Å². The van der Waals surface area contributed by atoms with E-state index in [0.29, 0.717) is 10.2 Å². The standard InChI is InChI=1S/C13H12BrClN2O3S/c1-20-9-3-4-10(15)12(7-9)17-21(18,19)13-5-2-8(14)6-11(13)16/h2-7,17H,16H2,1H3. The van der Waals surface area contributed by atoms with Crippen molar-refractivity contribution in [2.45, 2.75) is 4.90 Å². The van der Waals surface area contributed by atoms with Gasteiger partial charge >= 0.3 is 0 Å². The molecule has 0 aliphatic carbocycles. The van der Waals surface area contributed by atoms with E-state index in [1.807, 2.05) is 0 Å². The Kier molecular flexibility index (Phi) is 4.65. The van der Waals surface area contributed by atoms with Crippen molar-refractivity contribution in [3.63, 3.8) is 0 Å². The first-order chi connectivity index (χ1) is 9.83. The predicted molar refractivity (Wildman–Crippen MR) is 87.4 cm³/mol. The number of benzene rings is 2. The molecule has 0 fully saturated rings. The number of methoxy groups -OCH3 is 1. The van der Waals surface area contributed by atoms with E-state index in [0.717, 1.165) is 0 Å². The zero-order valence-electron chi connectivity index (χ0n) is 10.9. The van der Waals surface area contributed by atoms with Crippen LogP contribution in [0.5, 0.6) is 5.75 Å². The first-order valence-corrected chi connectivity index (χ1v) is 8.40. The Labute approximate surface area is 136 Å². The summed E-state index contributed by atoms with van der Waals surface area (Å²) in [6.45, 7) is 0. The van der Waals surface area contributed by atoms with E-state index in [2.05, 4.69) is 20.7 Å². The fourth-order valence-electron chi connectivity index (χ4n) is 1.67. The molecular formula is C13H12BrClN2O3S. The summed E-state index contributed by atoms with van der Waals surface area (Å²) in [7, 11) is -2.36. The van der Waals surface area contributed by atoms with Crippen LogP contribution in [0.15, 0.2) is 45.8 Å². The van der Waals surface area contributed by atoms with Gasteiger partial charge in [-0.15, -0.1) is 0 Å². The molecule has 0 radical (unpaired) electrons. The summed E-state index contributed by atoms with van der Waals surface area (Å²) in [6, 6.07) is 9.20. The van der Waals surface area contributed by atoms with Crippen molar-refractivity contribution in [3.05, 3.63) is 45.9 Å². The first kappa shape index (κ1) is 15.9. The average Bonchev–Trinajstić information content (AvgIpc) is 2.40. The number of nitrogen functional groups attached to an aromatic ring is 1. The molecule has 112 valence electrons. The molecule has 0 saturated carbocycles. The van der Waals surface area contributed by atoms with Gasteiger partial charge in [-0.2, -0.15) is 0 Å². The number of sulfonamides is 1. The number of hydrogen-bond donors (Lipinski definition) is 2. The monoisotopic (exact) mass is 390 g/mol. The van der Waals surface area contributed by atoms with Gasteiger partial charge in [0.25, 0.3) is 10.0 Å². The van der Waals surface area contributed by atoms with Crippen LogP contribution in [-0.2, 0) is 10.0 Å². The van der Waals surface area contributed by atoms with Crippen LogP contribution in [0, 0.1) is 0 Å². The fourth-order valence-corrected chi connectivity index (χ4v) is 3.46. The van der Waals surface area contributed by atoms with E-state index >= 15 is 0 Å². The normalized spacial score (nSPS) is 11.2. The Morgan fingerprint density at radius 1 is 1.24 bits per heavy atom. The molecule has 0 saturated heterocycles. The van der Waals surface area contributed by atoms with Gasteiger partial charge in [-0.25, -0.2) is 8.42 Å². The molecule has 0 spiro atoms. The Balaban J connectivity index is 2.42. The highest BCUT2D eigenvalue weighted by atomic mass is 79.9. The number of hydrogen-bond acceptors (Lipinski definition) is 4. The highest BCUT2D eigenvalue weighted by Gasteiger charge is 2.19. The lowest BCUT2D eigenvalue weighted by atomic mass is 10.3. The minimum absolute atomic E-state index is 0.0235. The highest BCUT2D eigenvalue weighted by molar-refractivity contribution is 9.10. The second kappa shape index (κ2) is 6.13.